The number of nitrogens with one attached hydrogen (secondary N) is 1. The molecule has 3 nitrogen and oxygen atoms in total. The fraction of sp³-hybridized carbons (Fsp3) is 0.833. The maximum Gasteiger partial charge on any atom is 0.221 e. The third-order valence-electron chi connectivity index (χ3n) is 1.25. The molecule has 0 atom stereocenters. The van der Waals surface area contributed by atoms with Crippen LogP contribution in [0.15, 0.2) is 0 Å². The van der Waals surface area contributed by atoms with Gasteiger partial charge in [0.05, 0.1) is 0 Å². The molecule has 9 heavy (non-hydrogen) atoms. The van der Waals surface area contributed by atoms with Crippen molar-refractivity contribution in [3.8, 4) is 0 Å². The van der Waals surface area contributed by atoms with Crippen LogP contribution in [0.3, 0.4) is 0 Å². The van der Waals surface area contributed by atoms with Gasteiger partial charge in [0, 0.05) is 26.2 Å². The van der Waals surface area contributed by atoms with Gasteiger partial charge in [-0.15, -0.1) is 0 Å². The molecule has 2 aliphatic heterocycles. The van der Waals surface area contributed by atoms with E-state index in [2.05, 4.69) is 5.32 Å². The number of ether oxygens (including phenoxy) is 1. The molecule has 3 heteroatoms. The van der Waals surface area contributed by atoms with Crippen molar-refractivity contribution in [2.75, 3.05) is 19.8 Å². The van der Waals surface area contributed by atoms with Gasteiger partial charge in [-0.3, -0.25) is 4.79 Å². The van der Waals surface area contributed by atoms with Gasteiger partial charge in [0.15, 0.2) is 0 Å². The minimum atomic E-state index is 0.185. The molecule has 0 aromatic carbocycles. The Morgan fingerprint density at radius 2 is 1.78 bits per heavy atom. The van der Waals surface area contributed by atoms with E-state index in [0.29, 0.717) is 0 Å². The number of hydrogen-bond donors (Lipinski definition) is 1. The quantitative estimate of drug-likeness (QED) is 0.464. The zero-order valence-corrected chi connectivity index (χ0v) is 5.35. The maximum absolute atomic E-state index is 9.79. The van der Waals surface area contributed by atoms with E-state index in [9.17, 15) is 4.79 Å². The molecule has 2 rings (SSSR count). The molecule has 0 aromatic rings. The lowest BCUT2D eigenvalue weighted by Crippen LogP contribution is -2.37. The topological polar surface area (TPSA) is 38.3 Å². The maximum atomic E-state index is 9.79. The molecule has 0 aromatic heterocycles. The Kier molecular flexibility index (Phi) is 2.51. The lowest BCUT2D eigenvalue weighted by Gasteiger charge is -2.10. The molecule has 2 aliphatic rings. The number of β-lactam (4-membered cyclic amide) rings is 1. The van der Waals surface area contributed by atoms with Crippen LogP contribution < -0.4 is 5.32 Å². The lowest BCUT2D eigenvalue weighted by atomic mass is 10.3. The predicted molar refractivity (Wildman–Crippen MR) is 33.1 cm³/mol. The van der Waals surface area contributed by atoms with Crippen molar-refractivity contribution in [3.05, 3.63) is 0 Å². The standard InChI is InChI=1S/C3H5NO.C3H6O/c5-3-1-2-4-3;1-2-4-3-1/h1-2H2,(H,4,5);1-3H2. The number of hydrogen-bond acceptors (Lipinski definition) is 2. The fourth-order valence-corrected chi connectivity index (χ4v) is 0.371. The molecular weight excluding hydrogens is 118 g/mol. The second-order valence-electron chi connectivity index (χ2n) is 2.07. The minimum Gasteiger partial charge on any atom is -0.381 e. The molecule has 1 N–H and O–H groups in total. The zero-order valence-electron chi connectivity index (χ0n) is 5.35. The van der Waals surface area contributed by atoms with Crippen molar-refractivity contribution < 1.29 is 9.53 Å². The molecule has 52 valence electrons. The molecule has 0 radical (unpaired) electrons. The largest absolute Gasteiger partial charge is 0.381 e. The van der Waals surface area contributed by atoms with Crippen molar-refractivity contribution in [1.29, 1.82) is 0 Å². The van der Waals surface area contributed by atoms with Crippen LogP contribution in [0.25, 0.3) is 0 Å². The molecule has 2 fully saturated rings. The van der Waals surface area contributed by atoms with Crippen LogP contribution in [-0.2, 0) is 9.53 Å². The van der Waals surface area contributed by atoms with E-state index in [1.165, 1.54) is 6.42 Å². The summed E-state index contributed by atoms with van der Waals surface area (Å²) in [6, 6.07) is 0. The minimum absolute atomic E-state index is 0.185. The Balaban J connectivity index is 0.0000000922. The smallest absolute Gasteiger partial charge is 0.221 e. The number of carbonyl (C=O) groups excluding carboxylic acids is 1. The van der Waals surface area contributed by atoms with Crippen molar-refractivity contribution >= 4 is 5.91 Å². The highest BCUT2D eigenvalue weighted by Crippen LogP contribution is 1.93. The van der Waals surface area contributed by atoms with Crippen LogP contribution >= 0.6 is 0 Å². The summed E-state index contributed by atoms with van der Waals surface area (Å²) >= 11 is 0. The SMILES string of the molecule is C1COC1.O=C1CCN1. The monoisotopic (exact) mass is 129 g/mol. The van der Waals surface area contributed by atoms with Gasteiger partial charge >= 0.3 is 0 Å². The average Bonchev–Trinajstić information content (AvgIpc) is 1.56. The first-order valence-corrected chi connectivity index (χ1v) is 3.24. The third-order valence-corrected chi connectivity index (χ3v) is 1.25. The lowest BCUT2D eigenvalue weighted by molar-refractivity contribution is -0.125. The predicted octanol–water partition coefficient (Wildman–Crippen LogP) is -0.0870. The molecule has 0 unspecified atom stereocenters. The molecule has 2 heterocycles. The van der Waals surface area contributed by atoms with E-state index in [0.717, 1.165) is 26.2 Å². The Labute approximate surface area is 54.4 Å². The Morgan fingerprint density at radius 3 is 1.78 bits per heavy atom. The normalized spacial score (nSPS) is 22.0. The molecule has 0 spiro atoms. The van der Waals surface area contributed by atoms with Crippen LogP contribution in [0.4, 0.5) is 0 Å². The van der Waals surface area contributed by atoms with Crippen LogP contribution in [0.5, 0.6) is 0 Å². The fourth-order valence-electron chi connectivity index (χ4n) is 0.371. The number of carbonyl (C=O) groups is 1. The number of amides is 1. The first kappa shape index (κ1) is 6.55. The highest BCUT2D eigenvalue weighted by molar-refractivity contribution is 5.81. The molecule has 0 aliphatic carbocycles. The second kappa shape index (κ2) is 3.45. The first-order chi connectivity index (χ1) is 4.39. The van der Waals surface area contributed by atoms with Gasteiger partial charge in [-0.25, -0.2) is 0 Å². The summed E-state index contributed by atoms with van der Waals surface area (Å²) < 4.78 is 4.72. The van der Waals surface area contributed by atoms with Crippen molar-refractivity contribution in [3.63, 3.8) is 0 Å². The first-order valence-electron chi connectivity index (χ1n) is 3.24. The molecule has 0 bridgehead atoms. The zero-order chi connectivity index (χ0) is 6.53. The Bertz CT molecular complexity index is 89.2. The second-order valence-corrected chi connectivity index (χ2v) is 2.07. The van der Waals surface area contributed by atoms with E-state index in [1.54, 1.807) is 0 Å². The van der Waals surface area contributed by atoms with E-state index in [4.69, 9.17) is 4.74 Å². The molecule has 1 amide bonds. The van der Waals surface area contributed by atoms with Crippen LogP contribution in [0, 0.1) is 0 Å². The van der Waals surface area contributed by atoms with Gasteiger partial charge in [-0.05, 0) is 6.42 Å². The van der Waals surface area contributed by atoms with E-state index < -0.39 is 0 Å². The van der Waals surface area contributed by atoms with Crippen molar-refractivity contribution in [1.82, 2.24) is 5.32 Å². The average molecular weight is 129 g/mol. The van der Waals surface area contributed by atoms with Gasteiger partial charge < -0.3 is 10.1 Å². The molecule has 2 saturated heterocycles. The van der Waals surface area contributed by atoms with Gasteiger partial charge in [0.1, 0.15) is 0 Å². The summed E-state index contributed by atoms with van der Waals surface area (Å²) in [5.74, 6) is 0.185. The molecular formula is C6H11NO2. The summed E-state index contributed by atoms with van der Waals surface area (Å²) in [6.07, 6.45) is 2.01. The third kappa shape index (κ3) is 2.46. The Morgan fingerprint density at radius 1 is 1.44 bits per heavy atom. The van der Waals surface area contributed by atoms with Gasteiger partial charge in [0.2, 0.25) is 5.91 Å². The van der Waals surface area contributed by atoms with Gasteiger partial charge in [-0.1, -0.05) is 0 Å². The summed E-state index contributed by atoms with van der Waals surface area (Å²) in [5.41, 5.74) is 0. The summed E-state index contributed by atoms with van der Waals surface area (Å²) in [7, 11) is 0. The number of rotatable bonds is 0. The van der Waals surface area contributed by atoms with E-state index >= 15 is 0 Å². The van der Waals surface area contributed by atoms with Gasteiger partial charge in [0.25, 0.3) is 0 Å². The molecule has 0 saturated carbocycles. The van der Waals surface area contributed by atoms with Crippen LogP contribution in [0.2, 0.25) is 0 Å². The van der Waals surface area contributed by atoms with Crippen LogP contribution in [-0.4, -0.2) is 25.7 Å². The highest BCUT2D eigenvalue weighted by atomic mass is 16.5. The van der Waals surface area contributed by atoms with Crippen molar-refractivity contribution in [2.45, 2.75) is 12.8 Å². The summed E-state index contributed by atoms with van der Waals surface area (Å²) in [4.78, 5) is 9.79. The summed E-state index contributed by atoms with van der Waals surface area (Å²) in [5, 5.41) is 2.57. The Hall–Kier alpha value is -0.570. The van der Waals surface area contributed by atoms with Gasteiger partial charge in [-0.2, -0.15) is 0 Å². The van der Waals surface area contributed by atoms with Crippen molar-refractivity contribution in [2.24, 2.45) is 0 Å². The summed E-state index contributed by atoms with van der Waals surface area (Å²) in [6.45, 7) is 2.89. The van der Waals surface area contributed by atoms with Crippen LogP contribution in [0.1, 0.15) is 12.8 Å². The highest BCUT2D eigenvalue weighted by Gasteiger charge is 2.07. The van der Waals surface area contributed by atoms with E-state index in [1.807, 2.05) is 0 Å². The van der Waals surface area contributed by atoms with E-state index in [-0.39, 0.29) is 5.91 Å².